The highest BCUT2D eigenvalue weighted by Crippen LogP contribution is 2.07. The molecule has 14 heavy (non-hydrogen) atoms. The van der Waals surface area contributed by atoms with Crippen molar-refractivity contribution in [2.45, 2.75) is 32.7 Å². The van der Waals surface area contributed by atoms with Gasteiger partial charge in [-0.05, 0) is 26.3 Å². The van der Waals surface area contributed by atoms with Crippen LogP contribution in [0.15, 0.2) is 5.38 Å². The monoisotopic (exact) mass is 276 g/mol. The van der Waals surface area contributed by atoms with Gasteiger partial charge in [-0.3, -0.25) is 0 Å². The van der Waals surface area contributed by atoms with Crippen molar-refractivity contribution in [3.63, 3.8) is 0 Å². The number of hydrogen-bond donors (Lipinski definition) is 1. The fourth-order valence-corrected chi connectivity index (χ4v) is 2.34. The molecule has 80 valence electrons. The Balaban J connectivity index is 1.99. The van der Waals surface area contributed by atoms with E-state index in [4.69, 9.17) is 0 Å². The predicted octanol–water partition coefficient (Wildman–Crippen LogP) is 3.11. The van der Waals surface area contributed by atoms with Crippen molar-refractivity contribution >= 4 is 27.3 Å². The Morgan fingerprint density at radius 2 is 2.29 bits per heavy atom. The zero-order valence-corrected chi connectivity index (χ0v) is 11.0. The third kappa shape index (κ3) is 5.08. The number of nitrogens with one attached hydrogen (secondary N) is 1. The Morgan fingerprint density at radius 1 is 1.43 bits per heavy atom. The van der Waals surface area contributed by atoms with Crippen LogP contribution in [0.1, 0.15) is 30.0 Å². The van der Waals surface area contributed by atoms with Crippen molar-refractivity contribution in [3.05, 3.63) is 16.1 Å². The van der Waals surface area contributed by atoms with Crippen LogP contribution in [0.3, 0.4) is 0 Å². The Labute approximate surface area is 98.3 Å². The van der Waals surface area contributed by atoms with E-state index in [9.17, 15) is 0 Å². The largest absolute Gasteiger partial charge is 0.310 e. The van der Waals surface area contributed by atoms with Gasteiger partial charge < -0.3 is 5.32 Å². The van der Waals surface area contributed by atoms with Gasteiger partial charge in [-0.2, -0.15) is 0 Å². The van der Waals surface area contributed by atoms with Gasteiger partial charge >= 0.3 is 0 Å². The number of alkyl halides is 1. The molecule has 0 amide bonds. The van der Waals surface area contributed by atoms with Gasteiger partial charge in [0.2, 0.25) is 0 Å². The molecule has 0 aliphatic rings. The van der Waals surface area contributed by atoms with Gasteiger partial charge in [0.15, 0.2) is 0 Å². The topological polar surface area (TPSA) is 24.9 Å². The van der Waals surface area contributed by atoms with Crippen molar-refractivity contribution in [2.24, 2.45) is 0 Å². The van der Waals surface area contributed by atoms with Crippen LogP contribution in [-0.4, -0.2) is 16.9 Å². The summed E-state index contributed by atoms with van der Waals surface area (Å²) in [4.78, 5) is 4.39. The van der Waals surface area contributed by atoms with Crippen LogP contribution in [0, 0.1) is 6.92 Å². The first-order valence-electron chi connectivity index (χ1n) is 5.00. The zero-order valence-electron chi connectivity index (χ0n) is 8.55. The molecule has 0 unspecified atom stereocenters. The lowest BCUT2D eigenvalue weighted by atomic mass is 10.2. The van der Waals surface area contributed by atoms with Crippen molar-refractivity contribution in [1.82, 2.24) is 10.3 Å². The predicted molar refractivity (Wildman–Crippen MR) is 66.2 cm³/mol. The maximum atomic E-state index is 4.39. The number of unbranched alkanes of at least 4 members (excludes halogenated alkanes) is 2. The first-order chi connectivity index (χ1) is 6.83. The van der Waals surface area contributed by atoms with Crippen LogP contribution >= 0.6 is 27.3 Å². The normalized spacial score (nSPS) is 10.7. The first-order valence-corrected chi connectivity index (χ1v) is 7.00. The van der Waals surface area contributed by atoms with E-state index >= 15 is 0 Å². The lowest BCUT2D eigenvalue weighted by molar-refractivity contribution is 0.617. The van der Waals surface area contributed by atoms with Crippen molar-refractivity contribution in [2.75, 3.05) is 11.9 Å². The standard InChI is InChI=1S/C10H17BrN2S/c1-9-8-14-10(13-9)7-12-6-4-2-3-5-11/h8,12H,2-7H2,1H3. The zero-order chi connectivity index (χ0) is 10.2. The molecule has 1 aromatic heterocycles. The Hall–Kier alpha value is 0.0700. The summed E-state index contributed by atoms with van der Waals surface area (Å²) < 4.78 is 0. The van der Waals surface area contributed by atoms with E-state index in [1.807, 2.05) is 6.92 Å². The molecule has 1 rings (SSSR count). The summed E-state index contributed by atoms with van der Waals surface area (Å²) in [6.07, 6.45) is 3.84. The van der Waals surface area contributed by atoms with Gasteiger partial charge in [0.25, 0.3) is 0 Å². The van der Waals surface area contributed by atoms with Crippen molar-refractivity contribution < 1.29 is 0 Å². The van der Waals surface area contributed by atoms with Gasteiger partial charge in [0.1, 0.15) is 5.01 Å². The summed E-state index contributed by atoms with van der Waals surface area (Å²) in [5.41, 5.74) is 1.13. The molecule has 4 heteroatoms. The van der Waals surface area contributed by atoms with Crippen LogP contribution in [0.25, 0.3) is 0 Å². The second-order valence-corrected chi connectivity index (χ2v) is 5.04. The maximum absolute atomic E-state index is 4.39. The molecular formula is C10H17BrN2S. The second kappa shape index (κ2) is 7.37. The van der Waals surface area contributed by atoms with Crippen LogP contribution in [0.4, 0.5) is 0 Å². The lowest BCUT2D eigenvalue weighted by Gasteiger charge is -2.01. The molecule has 2 nitrogen and oxygen atoms in total. The quantitative estimate of drug-likeness (QED) is 0.612. The molecule has 0 saturated carbocycles. The minimum absolute atomic E-state index is 0.923. The average molecular weight is 277 g/mol. The SMILES string of the molecule is Cc1csc(CNCCCCCBr)n1. The van der Waals surface area contributed by atoms with Crippen LogP contribution in [0.2, 0.25) is 0 Å². The molecule has 0 aromatic carbocycles. The molecule has 0 radical (unpaired) electrons. The summed E-state index contributed by atoms with van der Waals surface area (Å²) in [7, 11) is 0. The molecule has 0 fully saturated rings. The highest BCUT2D eigenvalue weighted by molar-refractivity contribution is 9.09. The number of hydrogen-bond acceptors (Lipinski definition) is 3. The van der Waals surface area contributed by atoms with Crippen molar-refractivity contribution in [3.8, 4) is 0 Å². The Morgan fingerprint density at radius 3 is 2.93 bits per heavy atom. The second-order valence-electron chi connectivity index (χ2n) is 3.31. The minimum Gasteiger partial charge on any atom is -0.310 e. The van der Waals surface area contributed by atoms with Crippen LogP contribution < -0.4 is 5.32 Å². The molecule has 1 aromatic rings. The number of aryl methyl sites for hydroxylation is 1. The molecule has 0 aliphatic carbocycles. The molecular weight excluding hydrogens is 260 g/mol. The third-order valence-electron chi connectivity index (χ3n) is 1.93. The lowest BCUT2D eigenvalue weighted by Crippen LogP contribution is -2.14. The smallest absolute Gasteiger partial charge is 0.107 e. The van der Waals surface area contributed by atoms with Gasteiger partial charge in [-0.15, -0.1) is 11.3 Å². The molecule has 0 bridgehead atoms. The molecule has 1 heterocycles. The van der Waals surface area contributed by atoms with Crippen LogP contribution in [-0.2, 0) is 6.54 Å². The fraction of sp³-hybridized carbons (Fsp3) is 0.700. The summed E-state index contributed by atoms with van der Waals surface area (Å²) in [5.74, 6) is 0. The maximum Gasteiger partial charge on any atom is 0.107 e. The van der Waals surface area contributed by atoms with E-state index in [-0.39, 0.29) is 0 Å². The van der Waals surface area contributed by atoms with E-state index in [0.717, 1.165) is 24.1 Å². The average Bonchev–Trinajstić information content (AvgIpc) is 2.58. The van der Waals surface area contributed by atoms with Gasteiger partial charge in [-0.1, -0.05) is 22.4 Å². The number of thiazole rings is 1. The highest BCUT2D eigenvalue weighted by atomic mass is 79.9. The molecule has 0 spiro atoms. The van der Waals surface area contributed by atoms with E-state index in [2.05, 4.69) is 31.6 Å². The highest BCUT2D eigenvalue weighted by Gasteiger charge is 1.96. The first kappa shape index (κ1) is 12.1. The molecule has 0 aliphatic heterocycles. The molecule has 0 saturated heterocycles. The van der Waals surface area contributed by atoms with Gasteiger partial charge in [-0.25, -0.2) is 4.98 Å². The van der Waals surface area contributed by atoms with E-state index in [1.54, 1.807) is 11.3 Å². The molecule has 0 atom stereocenters. The molecule has 1 N–H and O–H groups in total. The number of halogens is 1. The number of aromatic nitrogens is 1. The number of nitrogens with zero attached hydrogens (tertiary/aromatic N) is 1. The summed E-state index contributed by atoms with van der Waals surface area (Å²) in [5, 5.41) is 7.83. The third-order valence-corrected chi connectivity index (χ3v) is 3.46. The number of rotatable bonds is 7. The van der Waals surface area contributed by atoms with E-state index in [0.29, 0.717) is 0 Å². The summed E-state index contributed by atoms with van der Waals surface area (Å²) >= 11 is 5.17. The minimum atomic E-state index is 0.923. The van der Waals surface area contributed by atoms with E-state index < -0.39 is 0 Å². The Kier molecular flexibility index (Phi) is 6.39. The van der Waals surface area contributed by atoms with Crippen molar-refractivity contribution in [1.29, 1.82) is 0 Å². The summed E-state index contributed by atoms with van der Waals surface area (Å²) in [6.45, 7) is 4.06. The van der Waals surface area contributed by atoms with Crippen LogP contribution in [0.5, 0.6) is 0 Å². The fourth-order valence-electron chi connectivity index (χ4n) is 1.20. The summed E-state index contributed by atoms with van der Waals surface area (Å²) in [6, 6.07) is 0. The van der Waals surface area contributed by atoms with E-state index in [1.165, 1.54) is 24.3 Å². The Bertz CT molecular complexity index is 250. The van der Waals surface area contributed by atoms with Gasteiger partial charge in [0.05, 0.1) is 0 Å². The van der Waals surface area contributed by atoms with Gasteiger partial charge in [0, 0.05) is 22.9 Å².